The second kappa shape index (κ2) is 5.94. The Balaban J connectivity index is 1.96. The van der Waals surface area contributed by atoms with Gasteiger partial charge in [-0.3, -0.25) is 18.7 Å². The number of hydrogen-bond donors (Lipinski definition) is 1. The molecule has 8 heteroatoms. The maximum atomic E-state index is 12.7. The fraction of sp³-hybridized carbons (Fsp3) is 0.562. The zero-order valence-corrected chi connectivity index (χ0v) is 14.2. The molecule has 2 aromatic heterocycles. The van der Waals surface area contributed by atoms with Crippen LogP contribution in [0.1, 0.15) is 13.3 Å². The van der Waals surface area contributed by atoms with E-state index in [2.05, 4.69) is 0 Å². The number of amides is 1. The minimum Gasteiger partial charge on any atom is -0.338 e. The van der Waals surface area contributed by atoms with Gasteiger partial charge in [0.05, 0.1) is 5.39 Å². The number of rotatable bonds is 3. The minimum atomic E-state index is -0.405. The van der Waals surface area contributed by atoms with Crippen LogP contribution in [-0.2, 0) is 25.4 Å². The van der Waals surface area contributed by atoms with Crippen LogP contribution in [0.4, 0.5) is 0 Å². The summed E-state index contributed by atoms with van der Waals surface area (Å²) in [4.78, 5) is 38.9. The van der Waals surface area contributed by atoms with Gasteiger partial charge in [0.1, 0.15) is 12.2 Å². The third kappa shape index (κ3) is 2.47. The topological polar surface area (TPSA) is 95.3 Å². The Morgan fingerprint density at radius 1 is 1.29 bits per heavy atom. The van der Waals surface area contributed by atoms with Gasteiger partial charge < -0.3 is 15.2 Å². The molecule has 1 aliphatic heterocycles. The van der Waals surface area contributed by atoms with Gasteiger partial charge in [0.2, 0.25) is 5.91 Å². The summed E-state index contributed by atoms with van der Waals surface area (Å²) < 4.78 is 4.14. The van der Waals surface area contributed by atoms with Crippen LogP contribution < -0.4 is 17.0 Å². The first-order chi connectivity index (χ1) is 11.3. The van der Waals surface area contributed by atoms with E-state index in [0.717, 1.165) is 11.0 Å². The number of likely N-dealkylation sites (tertiary alicyclic amines) is 1. The van der Waals surface area contributed by atoms with Gasteiger partial charge in [0, 0.05) is 32.9 Å². The highest BCUT2D eigenvalue weighted by molar-refractivity contribution is 5.81. The summed E-state index contributed by atoms with van der Waals surface area (Å²) in [6, 6.07) is 1.81. The van der Waals surface area contributed by atoms with E-state index in [-0.39, 0.29) is 24.1 Å². The highest BCUT2D eigenvalue weighted by atomic mass is 16.2. The van der Waals surface area contributed by atoms with Crippen LogP contribution in [0.25, 0.3) is 11.0 Å². The second-order valence-corrected chi connectivity index (χ2v) is 6.62. The zero-order chi connectivity index (χ0) is 17.6. The molecule has 8 nitrogen and oxygen atoms in total. The van der Waals surface area contributed by atoms with Gasteiger partial charge in [-0.25, -0.2) is 4.79 Å². The molecular formula is C16H23N5O3. The van der Waals surface area contributed by atoms with Crippen LogP contribution in [0, 0.1) is 5.92 Å². The maximum absolute atomic E-state index is 12.7. The van der Waals surface area contributed by atoms with Gasteiger partial charge >= 0.3 is 5.69 Å². The SMILES string of the molecule is CC1CC(CN)CN1C(=O)Cn1ccc2c(=O)n(C)c(=O)n(C)c21. The Morgan fingerprint density at radius 2 is 2.00 bits per heavy atom. The molecule has 0 spiro atoms. The van der Waals surface area contributed by atoms with Crippen molar-refractivity contribution in [1.82, 2.24) is 18.6 Å². The third-order valence-electron chi connectivity index (χ3n) is 4.98. The second-order valence-electron chi connectivity index (χ2n) is 6.62. The molecule has 1 saturated heterocycles. The number of hydrogen-bond acceptors (Lipinski definition) is 4. The smallest absolute Gasteiger partial charge is 0.332 e. The molecule has 0 radical (unpaired) electrons. The Kier molecular flexibility index (Phi) is 4.08. The quantitative estimate of drug-likeness (QED) is 0.798. The van der Waals surface area contributed by atoms with Crippen molar-refractivity contribution in [3.8, 4) is 0 Å². The first-order valence-electron chi connectivity index (χ1n) is 8.09. The Hall–Kier alpha value is -2.35. The highest BCUT2D eigenvalue weighted by Crippen LogP contribution is 2.22. The lowest BCUT2D eigenvalue weighted by Crippen LogP contribution is -2.39. The number of nitrogens with zero attached hydrogens (tertiary/aromatic N) is 4. The molecule has 1 aliphatic rings. The van der Waals surface area contributed by atoms with Crippen LogP contribution in [-0.4, -0.2) is 43.6 Å². The van der Waals surface area contributed by atoms with Crippen molar-refractivity contribution >= 4 is 16.9 Å². The van der Waals surface area contributed by atoms with Crippen molar-refractivity contribution in [1.29, 1.82) is 0 Å². The lowest BCUT2D eigenvalue weighted by molar-refractivity contribution is -0.132. The molecule has 3 heterocycles. The van der Waals surface area contributed by atoms with E-state index in [1.165, 1.54) is 11.6 Å². The molecule has 2 N–H and O–H groups in total. The van der Waals surface area contributed by atoms with E-state index in [1.54, 1.807) is 23.9 Å². The molecule has 24 heavy (non-hydrogen) atoms. The first-order valence-corrected chi connectivity index (χ1v) is 8.09. The summed E-state index contributed by atoms with van der Waals surface area (Å²) in [7, 11) is 3.06. The zero-order valence-electron chi connectivity index (χ0n) is 14.2. The highest BCUT2D eigenvalue weighted by Gasteiger charge is 2.31. The molecule has 2 unspecified atom stereocenters. The molecular weight excluding hydrogens is 310 g/mol. The van der Waals surface area contributed by atoms with Gasteiger partial charge in [-0.15, -0.1) is 0 Å². The molecule has 0 saturated carbocycles. The molecule has 0 aliphatic carbocycles. The number of carbonyl (C=O) groups excluding carboxylic acids is 1. The summed E-state index contributed by atoms with van der Waals surface area (Å²) in [6.45, 7) is 3.36. The van der Waals surface area contributed by atoms with Crippen molar-refractivity contribution in [2.75, 3.05) is 13.1 Å². The van der Waals surface area contributed by atoms with Gasteiger partial charge in [0.15, 0.2) is 0 Å². The van der Waals surface area contributed by atoms with E-state index in [1.807, 2.05) is 11.8 Å². The number of aromatic nitrogens is 3. The molecule has 1 fully saturated rings. The van der Waals surface area contributed by atoms with E-state index in [4.69, 9.17) is 5.73 Å². The van der Waals surface area contributed by atoms with Crippen molar-refractivity contribution < 1.29 is 4.79 Å². The van der Waals surface area contributed by atoms with Crippen molar-refractivity contribution in [3.05, 3.63) is 33.1 Å². The fourth-order valence-corrected chi connectivity index (χ4v) is 3.61. The molecule has 0 bridgehead atoms. The van der Waals surface area contributed by atoms with Crippen LogP contribution in [0.15, 0.2) is 21.9 Å². The Morgan fingerprint density at radius 3 is 2.62 bits per heavy atom. The van der Waals surface area contributed by atoms with Crippen LogP contribution in [0.5, 0.6) is 0 Å². The van der Waals surface area contributed by atoms with Gasteiger partial charge in [-0.1, -0.05) is 0 Å². The fourth-order valence-electron chi connectivity index (χ4n) is 3.61. The molecule has 130 valence electrons. The summed E-state index contributed by atoms with van der Waals surface area (Å²) in [5.74, 6) is 0.311. The average Bonchev–Trinajstić information content (AvgIpc) is 3.14. The summed E-state index contributed by atoms with van der Waals surface area (Å²) in [5.41, 5.74) is 5.43. The third-order valence-corrected chi connectivity index (χ3v) is 4.98. The van der Waals surface area contributed by atoms with E-state index in [0.29, 0.717) is 30.0 Å². The average molecular weight is 333 g/mol. The van der Waals surface area contributed by atoms with Gasteiger partial charge in [-0.2, -0.15) is 0 Å². The van der Waals surface area contributed by atoms with E-state index >= 15 is 0 Å². The molecule has 3 rings (SSSR count). The largest absolute Gasteiger partial charge is 0.338 e. The van der Waals surface area contributed by atoms with Crippen molar-refractivity contribution in [3.63, 3.8) is 0 Å². The van der Waals surface area contributed by atoms with Crippen molar-refractivity contribution in [2.24, 2.45) is 25.7 Å². The number of aryl methyl sites for hydroxylation is 1. The predicted molar refractivity (Wildman–Crippen MR) is 90.8 cm³/mol. The van der Waals surface area contributed by atoms with Crippen LogP contribution >= 0.6 is 0 Å². The summed E-state index contributed by atoms with van der Waals surface area (Å²) in [5, 5.41) is 0.432. The Bertz CT molecular complexity index is 907. The summed E-state index contributed by atoms with van der Waals surface area (Å²) in [6.07, 6.45) is 2.60. The minimum absolute atomic E-state index is 0.0240. The Labute approximate surface area is 139 Å². The first kappa shape index (κ1) is 16.5. The van der Waals surface area contributed by atoms with Crippen LogP contribution in [0.3, 0.4) is 0 Å². The van der Waals surface area contributed by atoms with E-state index in [9.17, 15) is 14.4 Å². The number of carbonyl (C=O) groups is 1. The summed E-state index contributed by atoms with van der Waals surface area (Å²) >= 11 is 0. The molecule has 2 aromatic rings. The van der Waals surface area contributed by atoms with Gasteiger partial charge in [0.25, 0.3) is 5.56 Å². The maximum Gasteiger partial charge on any atom is 0.332 e. The monoisotopic (exact) mass is 333 g/mol. The van der Waals surface area contributed by atoms with E-state index < -0.39 is 5.69 Å². The normalized spacial score (nSPS) is 20.9. The lowest BCUT2D eigenvalue weighted by atomic mass is 10.1. The number of nitrogens with two attached hydrogens (primary N) is 1. The molecule has 1 amide bonds. The van der Waals surface area contributed by atoms with Gasteiger partial charge in [-0.05, 0) is 31.9 Å². The van der Waals surface area contributed by atoms with Crippen LogP contribution in [0.2, 0.25) is 0 Å². The lowest BCUT2D eigenvalue weighted by Gasteiger charge is -2.22. The molecule has 2 atom stereocenters. The van der Waals surface area contributed by atoms with Crippen molar-refractivity contribution in [2.45, 2.75) is 25.9 Å². The molecule has 0 aromatic carbocycles. The predicted octanol–water partition coefficient (Wildman–Crippen LogP) is -0.766. The standard InChI is InChI=1S/C16H23N5O3/c1-10-6-11(7-17)8-21(10)13(22)9-20-5-4-12-14(20)18(2)16(24)19(3)15(12)23/h4-5,10-11H,6-9,17H2,1-3H3. The number of fused-ring (bicyclic) bond motifs is 1.